The summed E-state index contributed by atoms with van der Waals surface area (Å²) in [7, 11) is 0. The number of hydrogen-bond donors (Lipinski definition) is 3. The number of carboxylic acids is 1. The molecule has 1 amide bonds. The summed E-state index contributed by atoms with van der Waals surface area (Å²) in [5, 5.41) is 14.6. The number of thiocarbonyl (C=S) groups is 1. The van der Waals surface area contributed by atoms with E-state index in [1.807, 2.05) is 30.3 Å². The lowest BCUT2D eigenvalue weighted by Crippen LogP contribution is -2.33. The van der Waals surface area contributed by atoms with Crippen molar-refractivity contribution >= 4 is 41.0 Å². The average molecular weight is 340 g/mol. The van der Waals surface area contributed by atoms with E-state index in [9.17, 15) is 9.59 Å². The first-order chi connectivity index (χ1) is 11.5. The molecule has 2 aromatic carbocycles. The summed E-state index contributed by atoms with van der Waals surface area (Å²) in [5.74, 6) is -1.39. The van der Waals surface area contributed by atoms with Crippen LogP contribution < -0.4 is 10.6 Å². The first-order valence-electron chi connectivity index (χ1n) is 7.15. The van der Waals surface area contributed by atoms with Gasteiger partial charge in [-0.3, -0.25) is 10.1 Å². The molecule has 0 spiro atoms. The van der Waals surface area contributed by atoms with Crippen LogP contribution in [0.15, 0.2) is 54.6 Å². The number of nitrogens with one attached hydrogen (secondary N) is 2. The SMILES string of the molecule is Cc1c(NC(=S)NC(=O)/C=C/c2ccccc2)cccc1C(=O)O. The molecule has 5 nitrogen and oxygen atoms in total. The summed E-state index contributed by atoms with van der Waals surface area (Å²) in [6.45, 7) is 1.67. The molecule has 0 aliphatic rings. The standard InChI is InChI=1S/C18H16N2O3S/c1-12-14(17(22)23)8-5-9-15(12)19-18(24)20-16(21)11-10-13-6-3-2-4-7-13/h2-11H,1H3,(H,22,23)(H2,19,20,21,24)/b11-10+. The zero-order valence-corrected chi connectivity index (χ0v) is 13.8. The quantitative estimate of drug-likeness (QED) is 0.588. The van der Waals surface area contributed by atoms with Gasteiger partial charge in [0.1, 0.15) is 0 Å². The van der Waals surface area contributed by atoms with Gasteiger partial charge < -0.3 is 10.4 Å². The van der Waals surface area contributed by atoms with Gasteiger partial charge in [-0.2, -0.15) is 0 Å². The number of carbonyl (C=O) groups is 2. The molecule has 0 aromatic heterocycles. The molecule has 2 aromatic rings. The predicted octanol–water partition coefficient (Wildman–Crippen LogP) is 3.22. The predicted molar refractivity (Wildman–Crippen MR) is 98.0 cm³/mol. The highest BCUT2D eigenvalue weighted by molar-refractivity contribution is 7.80. The van der Waals surface area contributed by atoms with Crippen molar-refractivity contribution in [2.75, 3.05) is 5.32 Å². The van der Waals surface area contributed by atoms with Crippen LogP contribution in [0.1, 0.15) is 21.5 Å². The third-order valence-corrected chi connectivity index (χ3v) is 3.48. The van der Waals surface area contributed by atoms with Gasteiger partial charge in [-0.05, 0) is 48.5 Å². The highest BCUT2D eigenvalue weighted by Crippen LogP contribution is 2.18. The zero-order chi connectivity index (χ0) is 17.5. The largest absolute Gasteiger partial charge is 0.478 e. The number of amides is 1. The van der Waals surface area contributed by atoms with Crippen LogP contribution in [-0.4, -0.2) is 22.1 Å². The van der Waals surface area contributed by atoms with Crippen LogP contribution in [0, 0.1) is 6.92 Å². The Morgan fingerprint density at radius 2 is 1.79 bits per heavy atom. The number of carbonyl (C=O) groups excluding carboxylic acids is 1. The monoisotopic (exact) mass is 340 g/mol. The molecule has 0 aliphatic carbocycles. The Labute approximate surface area is 145 Å². The van der Waals surface area contributed by atoms with Crippen molar-refractivity contribution in [1.82, 2.24) is 5.32 Å². The lowest BCUT2D eigenvalue weighted by molar-refractivity contribution is -0.115. The van der Waals surface area contributed by atoms with E-state index in [2.05, 4.69) is 10.6 Å². The van der Waals surface area contributed by atoms with Crippen molar-refractivity contribution in [3.8, 4) is 0 Å². The van der Waals surface area contributed by atoms with Crippen LogP contribution in [0.2, 0.25) is 0 Å². The van der Waals surface area contributed by atoms with Gasteiger partial charge in [-0.15, -0.1) is 0 Å². The normalized spacial score (nSPS) is 10.4. The molecule has 3 N–H and O–H groups in total. The van der Waals surface area contributed by atoms with Crippen molar-refractivity contribution in [2.24, 2.45) is 0 Å². The van der Waals surface area contributed by atoms with E-state index in [0.717, 1.165) is 5.56 Å². The molecule has 0 saturated carbocycles. The molecule has 0 aliphatic heterocycles. The Kier molecular flexibility index (Phi) is 5.81. The third-order valence-electron chi connectivity index (χ3n) is 3.28. The van der Waals surface area contributed by atoms with Gasteiger partial charge >= 0.3 is 5.97 Å². The number of benzene rings is 2. The molecule has 2 rings (SSSR count). The first kappa shape index (κ1) is 17.4. The average Bonchev–Trinajstić information content (AvgIpc) is 2.55. The third kappa shape index (κ3) is 4.76. The molecule has 0 atom stereocenters. The smallest absolute Gasteiger partial charge is 0.336 e. The minimum atomic E-state index is -1.02. The Morgan fingerprint density at radius 3 is 2.46 bits per heavy atom. The fourth-order valence-electron chi connectivity index (χ4n) is 2.05. The summed E-state index contributed by atoms with van der Waals surface area (Å²) >= 11 is 5.09. The number of hydrogen-bond acceptors (Lipinski definition) is 3. The molecular formula is C18H16N2O3S. The fraction of sp³-hybridized carbons (Fsp3) is 0.0556. The molecule has 6 heteroatoms. The number of anilines is 1. The van der Waals surface area contributed by atoms with E-state index in [-0.39, 0.29) is 16.6 Å². The van der Waals surface area contributed by atoms with Crippen LogP contribution in [0.3, 0.4) is 0 Å². The zero-order valence-electron chi connectivity index (χ0n) is 12.9. The molecule has 0 fully saturated rings. The van der Waals surface area contributed by atoms with Crippen molar-refractivity contribution in [2.45, 2.75) is 6.92 Å². The van der Waals surface area contributed by atoms with Crippen LogP contribution >= 0.6 is 12.2 Å². The molecule has 0 radical (unpaired) electrons. The van der Waals surface area contributed by atoms with Crippen LogP contribution in [0.25, 0.3) is 6.08 Å². The van der Waals surface area contributed by atoms with E-state index in [0.29, 0.717) is 11.3 Å². The summed E-state index contributed by atoms with van der Waals surface area (Å²) in [5.41, 5.74) is 2.16. The lowest BCUT2D eigenvalue weighted by atomic mass is 10.1. The van der Waals surface area contributed by atoms with Gasteiger partial charge in [0.25, 0.3) is 0 Å². The second-order valence-electron chi connectivity index (χ2n) is 4.97. The Hall–Kier alpha value is -2.99. The summed E-state index contributed by atoms with van der Waals surface area (Å²) in [6.07, 6.45) is 3.05. The van der Waals surface area contributed by atoms with Gasteiger partial charge in [0.15, 0.2) is 5.11 Å². The summed E-state index contributed by atoms with van der Waals surface area (Å²) in [4.78, 5) is 23.0. The van der Waals surface area contributed by atoms with Crippen LogP contribution in [0.5, 0.6) is 0 Å². The highest BCUT2D eigenvalue weighted by atomic mass is 32.1. The molecule has 0 unspecified atom stereocenters. The molecule has 122 valence electrons. The van der Waals surface area contributed by atoms with E-state index >= 15 is 0 Å². The molecule has 0 bridgehead atoms. The first-order valence-corrected chi connectivity index (χ1v) is 7.56. The van der Waals surface area contributed by atoms with Gasteiger partial charge in [-0.25, -0.2) is 4.79 Å². The molecule has 24 heavy (non-hydrogen) atoms. The minimum Gasteiger partial charge on any atom is -0.478 e. The number of carboxylic acid groups (broad SMARTS) is 1. The maximum absolute atomic E-state index is 11.9. The summed E-state index contributed by atoms with van der Waals surface area (Å²) < 4.78 is 0. The molecule has 0 heterocycles. The van der Waals surface area contributed by atoms with Crippen molar-refractivity contribution < 1.29 is 14.7 Å². The second kappa shape index (κ2) is 8.03. The maximum atomic E-state index is 11.9. The summed E-state index contributed by atoms with van der Waals surface area (Å²) in [6, 6.07) is 14.2. The Balaban J connectivity index is 1.98. The van der Waals surface area contributed by atoms with E-state index < -0.39 is 5.97 Å². The maximum Gasteiger partial charge on any atom is 0.336 e. The molecule has 0 saturated heterocycles. The van der Waals surface area contributed by atoms with Crippen molar-refractivity contribution in [3.05, 3.63) is 71.3 Å². The molecular weight excluding hydrogens is 324 g/mol. The topological polar surface area (TPSA) is 78.4 Å². The second-order valence-corrected chi connectivity index (χ2v) is 5.38. The van der Waals surface area contributed by atoms with E-state index in [4.69, 9.17) is 17.3 Å². The number of rotatable bonds is 4. The van der Waals surface area contributed by atoms with Gasteiger partial charge in [0.05, 0.1) is 5.56 Å². The Bertz CT molecular complexity index is 801. The van der Waals surface area contributed by atoms with Crippen molar-refractivity contribution in [3.63, 3.8) is 0 Å². The fourth-order valence-corrected chi connectivity index (χ4v) is 2.26. The number of aromatic carboxylic acids is 1. The highest BCUT2D eigenvalue weighted by Gasteiger charge is 2.11. The van der Waals surface area contributed by atoms with Gasteiger partial charge in [0.2, 0.25) is 5.91 Å². The van der Waals surface area contributed by atoms with Crippen LogP contribution in [-0.2, 0) is 4.79 Å². The van der Waals surface area contributed by atoms with E-state index in [1.165, 1.54) is 12.1 Å². The van der Waals surface area contributed by atoms with Gasteiger partial charge in [-0.1, -0.05) is 36.4 Å². The minimum absolute atomic E-state index is 0.100. The Morgan fingerprint density at radius 1 is 1.08 bits per heavy atom. The van der Waals surface area contributed by atoms with Crippen LogP contribution in [0.4, 0.5) is 5.69 Å². The van der Waals surface area contributed by atoms with Gasteiger partial charge in [0, 0.05) is 11.8 Å². The van der Waals surface area contributed by atoms with E-state index in [1.54, 1.807) is 25.1 Å². The lowest BCUT2D eigenvalue weighted by Gasteiger charge is -2.12. The van der Waals surface area contributed by atoms with Crippen molar-refractivity contribution in [1.29, 1.82) is 0 Å².